The van der Waals surface area contributed by atoms with Crippen molar-refractivity contribution in [1.29, 1.82) is 0 Å². The fraction of sp³-hybridized carbons (Fsp3) is 0.200. The zero-order valence-electron chi connectivity index (χ0n) is 10.6. The van der Waals surface area contributed by atoms with Gasteiger partial charge in [-0.3, -0.25) is 0 Å². The second kappa shape index (κ2) is 5.83. The van der Waals surface area contributed by atoms with Crippen LogP contribution in [-0.4, -0.2) is 6.61 Å². The largest absolute Gasteiger partial charge is 0.494 e. The number of ether oxygens (including phenoxy) is 1. The van der Waals surface area contributed by atoms with Crippen LogP contribution in [0.25, 0.3) is 0 Å². The molecular formula is C15H17NOS. The summed E-state index contributed by atoms with van der Waals surface area (Å²) < 4.78 is 5.50. The third kappa shape index (κ3) is 3.44. The van der Waals surface area contributed by atoms with Gasteiger partial charge < -0.3 is 10.5 Å². The second-order valence-electron chi connectivity index (χ2n) is 4.09. The normalized spacial score (nSPS) is 10.3. The second-order valence-corrected chi connectivity index (χ2v) is 5.24. The number of benzene rings is 2. The van der Waals surface area contributed by atoms with E-state index in [0.717, 1.165) is 16.3 Å². The van der Waals surface area contributed by atoms with Crippen molar-refractivity contribution in [2.45, 2.75) is 23.6 Å². The molecule has 0 aliphatic rings. The van der Waals surface area contributed by atoms with Crippen molar-refractivity contribution < 1.29 is 4.74 Å². The molecule has 0 saturated heterocycles. The zero-order valence-corrected chi connectivity index (χ0v) is 11.5. The topological polar surface area (TPSA) is 35.2 Å². The van der Waals surface area contributed by atoms with E-state index >= 15 is 0 Å². The van der Waals surface area contributed by atoms with Crippen LogP contribution in [0, 0.1) is 6.92 Å². The number of nitrogens with two attached hydrogens (primary N) is 1. The molecule has 0 atom stereocenters. The summed E-state index contributed by atoms with van der Waals surface area (Å²) in [6, 6.07) is 14.3. The van der Waals surface area contributed by atoms with E-state index in [1.54, 1.807) is 11.8 Å². The molecule has 0 saturated carbocycles. The Morgan fingerprint density at radius 3 is 2.67 bits per heavy atom. The fourth-order valence-electron chi connectivity index (χ4n) is 1.72. The molecule has 0 unspecified atom stereocenters. The van der Waals surface area contributed by atoms with Crippen LogP contribution < -0.4 is 10.5 Å². The van der Waals surface area contributed by atoms with Gasteiger partial charge in [-0.2, -0.15) is 0 Å². The predicted octanol–water partition coefficient (Wildman–Crippen LogP) is 4.13. The molecular weight excluding hydrogens is 242 g/mol. The molecule has 0 radical (unpaired) electrons. The van der Waals surface area contributed by atoms with E-state index in [-0.39, 0.29) is 0 Å². The third-order valence-corrected chi connectivity index (χ3v) is 3.40. The molecule has 18 heavy (non-hydrogen) atoms. The van der Waals surface area contributed by atoms with Gasteiger partial charge in [-0.05, 0) is 38.1 Å². The van der Waals surface area contributed by atoms with E-state index in [1.165, 1.54) is 10.5 Å². The number of anilines is 1. The quantitative estimate of drug-likeness (QED) is 0.839. The average molecular weight is 259 g/mol. The van der Waals surface area contributed by atoms with Crippen LogP contribution in [0.5, 0.6) is 5.75 Å². The van der Waals surface area contributed by atoms with E-state index in [2.05, 4.69) is 31.2 Å². The van der Waals surface area contributed by atoms with E-state index in [0.29, 0.717) is 6.61 Å². The van der Waals surface area contributed by atoms with Gasteiger partial charge in [0.2, 0.25) is 0 Å². The molecule has 3 heteroatoms. The summed E-state index contributed by atoms with van der Waals surface area (Å²) in [4.78, 5) is 2.31. The van der Waals surface area contributed by atoms with Gasteiger partial charge in [0, 0.05) is 21.5 Å². The molecule has 0 spiro atoms. The van der Waals surface area contributed by atoms with Crippen molar-refractivity contribution in [1.82, 2.24) is 0 Å². The van der Waals surface area contributed by atoms with Gasteiger partial charge in [0.05, 0.1) is 6.61 Å². The predicted molar refractivity (Wildman–Crippen MR) is 77.3 cm³/mol. The lowest BCUT2D eigenvalue weighted by atomic mass is 10.2. The van der Waals surface area contributed by atoms with Crippen molar-refractivity contribution in [2.75, 3.05) is 12.3 Å². The van der Waals surface area contributed by atoms with Crippen molar-refractivity contribution in [3.8, 4) is 5.75 Å². The molecule has 2 nitrogen and oxygen atoms in total. The Balaban J connectivity index is 2.23. The first-order valence-corrected chi connectivity index (χ1v) is 6.77. The smallest absolute Gasteiger partial charge is 0.122 e. The summed E-state index contributed by atoms with van der Waals surface area (Å²) in [5.41, 5.74) is 7.87. The lowest BCUT2D eigenvalue weighted by Crippen LogP contribution is -1.93. The van der Waals surface area contributed by atoms with E-state index in [4.69, 9.17) is 10.5 Å². The number of hydrogen-bond acceptors (Lipinski definition) is 3. The highest BCUT2D eigenvalue weighted by atomic mass is 32.2. The molecule has 0 aliphatic carbocycles. The van der Waals surface area contributed by atoms with E-state index < -0.39 is 0 Å². The summed E-state index contributed by atoms with van der Waals surface area (Å²) in [7, 11) is 0. The standard InChI is InChI=1S/C15H17NOS/c1-3-17-13-8-12(16)9-15(10-13)18-14-6-4-5-11(2)7-14/h4-10H,3,16H2,1-2H3. The Hall–Kier alpha value is -1.61. The van der Waals surface area contributed by atoms with Crippen molar-refractivity contribution in [3.05, 3.63) is 48.0 Å². The highest BCUT2D eigenvalue weighted by Crippen LogP contribution is 2.32. The number of rotatable bonds is 4. The van der Waals surface area contributed by atoms with Gasteiger partial charge in [-0.25, -0.2) is 0 Å². The fourth-order valence-corrected chi connectivity index (χ4v) is 2.75. The van der Waals surface area contributed by atoms with Gasteiger partial charge in [-0.15, -0.1) is 0 Å². The molecule has 0 aromatic heterocycles. The molecule has 0 heterocycles. The Morgan fingerprint density at radius 2 is 1.94 bits per heavy atom. The van der Waals surface area contributed by atoms with Crippen LogP contribution in [0.2, 0.25) is 0 Å². The average Bonchev–Trinajstić information content (AvgIpc) is 2.28. The summed E-state index contributed by atoms with van der Waals surface area (Å²) in [5.74, 6) is 0.827. The van der Waals surface area contributed by atoms with E-state index in [9.17, 15) is 0 Å². The molecule has 2 aromatic rings. The first kappa shape index (κ1) is 12.8. The molecule has 2 aromatic carbocycles. The Morgan fingerprint density at radius 1 is 1.11 bits per heavy atom. The monoisotopic (exact) mass is 259 g/mol. The van der Waals surface area contributed by atoms with Crippen molar-refractivity contribution in [3.63, 3.8) is 0 Å². The maximum atomic E-state index is 5.88. The van der Waals surface area contributed by atoms with Crippen LogP contribution in [0.3, 0.4) is 0 Å². The van der Waals surface area contributed by atoms with Crippen LogP contribution >= 0.6 is 11.8 Å². The maximum absolute atomic E-state index is 5.88. The van der Waals surface area contributed by atoms with Gasteiger partial charge >= 0.3 is 0 Å². The number of hydrogen-bond donors (Lipinski definition) is 1. The maximum Gasteiger partial charge on any atom is 0.122 e. The highest BCUT2D eigenvalue weighted by molar-refractivity contribution is 7.99. The van der Waals surface area contributed by atoms with Gasteiger partial charge in [0.15, 0.2) is 0 Å². The van der Waals surface area contributed by atoms with Gasteiger partial charge in [0.1, 0.15) is 5.75 Å². The van der Waals surface area contributed by atoms with Crippen molar-refractivity contribution >= 4 is 17.4 Å². The van der Waals surface area contributed by atoms with Crippen LogP contribution in [-0.2, 0) is 0 Å². The highest BCUT2D eigenvalue weighted by Gasteiger charge is 2.02. The summed E-state index contributed by atoms with van der Waals surface area (Å²) in [5, 5.41) is 0. The van der Waals surface area contributed by atoms with Crippen LogP contribution in [0.15, 0.2) is 52.3 Å². The van der Waals surface area contributed by atoms with Gasteiger partial charge in [-0.1, -0.05) is 29.5 Å². The molecule has 94 valence electrons. The Bertz CT molecular complexity index is 540. The first-order valence-electron chi connectivity index (χ1n) is 5.95. The SMILES string of the molecule is CCOc1cc(N)cc(Sc2cccc(C)c2)c1. The zero-order chi connectivity index (χ0) is 13.0. The number of nitrogen functional groups attached to an aromatic ring is 1. The van der Waals surface area contributed by atoms with Crippen molar-refractivity contribution in [2.24, 2.45) is 0 Å². The van der Waals surface area contributed by atoms with Crippen LogP contribution in [0.1, 0.15) is 12.5 Å². The van der Waals surface area contributed by atoms with Crippen LogP contribution in [0.4, 0.5) is 5.69 Å². The van der Waals surface area contributed by atoms with Gasteiger partial charge in [0.25, 0.3) is 0 Å². The molecule has 0 amide bonds. The molecule has 2 rings (SSSR count). The summed E-state index contributed by atoms with van der Waals surface area (Å²) in [6.07, 6.45) is 0. The van der Waals surface area contributed by atoms with E-state index in [1.807, 2.05) is 25.1 Å². The number of aryl methyl sites for hydroxylation is 1. The summed E-state index contributed by atoms with van der Waals surface area (Å²) in [6.45, 7) is 4.71. The summed E-state index contributed by atoms with van der Waals surface area (Å²) >= 11 is 1.70. The lowest BCUT2D eigenvalue weighted by molar-refractivity contribution is 0.339. The minimum absolute atomic E-state index is 0.651. The first-order chi connectivity index (χ1) is 8.67. The third-order valence-electron chi connectivity index (χ3n) is 2.44. The molecule has 0 aliphatic heterocycles. The minimum Gasteiger partial charge on any atom is -0.494 e. The lowest BCUT2D eigenvalue weighted by Gasteiger charge is -2.08. The molecule has 2 N–H and O–H groups in total. The molecule has 0 bridgehead atoms. The Labute approximate surface area is 112 Å². The Kier molecular flexibility index (Phi) is 4.15. The minimum atomic E-state index is 0.651. The molecule has 0 fully saturated rings.